The van der Waals surface area contributed by atoms with Gasteiger partial charge in [-0.25, -0.2) is 0 Å². The van der Waals surface area contributed by atoms with E-state index in [1.54, 1.807) is 0 Å². The fourth-order valence-electron chi connectivity index (χ4n) is 14.3. The molecule has 0 heterocycles. The summed E-state index contributed by atoms with van der Waals surface area (Å²) in [4.78, 5) is 12.0. The summed E-state index contributed by atoms with van der Waals surface area (Å²) in [5, 5.41) is 0. The molecule has 0 aromatic heterocycles. The van der Waals surface area contributed by atoms with Gasteiger partial charge in [0.05, 0.1) is 0 Å². The van der Waals surface area contributed by atoms with E-state index in [2.05, 4.69) is 388 Å². The van der Waals surface area contributed by atoms with Crippen molar-refractivity contribution in [3.05, 3.63) is 328 Å². The molecule has 5 heteroatoms. The molecule has 0 saturated carbocycles. The summed E-state index contributed by atoms with van der Waals surface area (Å²) >= 11 is 0. The van der Waals surface area contributed by atoms with Gasteiger partial charge in [-0.05, 0) is 253 Å². The van der Waals surface area contributed by atoms with Gasteiger partial charge < -0.3 is 24.5 Å². The minimum atomic E-state index is -0.231. The van der Waals surface area contributed by atoms with Crippen molar-refractivity contribution in [3.63, 3.8) is 0 Å². The van der Waals surface area contributed by atoms with Crippen LogP contribution in [0.3, 0.4) is 0 Å². The lowest BCUT2D eigenvalue weighted by Gasteiger charge is -2.36. The highest BCUT2D eigenvalue weighted by atomic mass is 15.1. The molecule has 0 spiro atoms. The Morgan fingerprint density at radius 2 is 0.520 bits per heavy atom. The Kier molecular flexibility index (Phi) is 26.4. The first-order valence-electron chi connectivity index (χ1n) is 36.5. The van der Waals surface area contributed by atoms with E-state index in [1.165, 1.54) is 123 Å². The van der Waals surface area contributed by atoms with Gasteiger partial charge in [0, 0.05) is 105 Å². The lowest BCUT2D eigenvalue weighted by atomic mass is 9.68. The largest absolute Gasteiger partial charge is 0.372 e. The Balaban J connectivity index is 0.000000172. The van der Waals surface area contributed by atoms with Crippen molar-refractivity contribution in [3.8, 4) is 33.4 Å². The van der Waals surface area contributed by atoms with Gasteiger partial charge in [0.15, 0.2) is 0 Å². The van der Waals surface area contributed by atoms with E-state index in [9.17, 15) is 0 Å². The molecule has 11 aromatic carbocycles. The molecule has 98 heavy (non-hydrogen) atoms. The molecule has 11 aromatic rings. The lowest BCUT2D eigenvalue weighted by Crippen LogP contribution is -2.29. The maximum absolute atomic E-state index is 2.42. The Morgan fingerprint density at radius 3 is 0.806 bits per heavy atom. The monoisotopic (exact) mass is 1300 g/mol. The Labute approximate surface area is 591 Å². The first-order chi connectivity index (χ1) is 47.7. The van der Waals surface area contributed by atoms with E-state index in [0.717, 1.165) is 71.9 Å². The normalized spacial score (nSPS) is 11.1. The molecular formula is C93H109N5. The maximum Gasteiger partial charge on any atom is 0.0428 e. The zero-order valence-electron chi connectivity index (χ0n) is 61.5. The average Bonchev–Trinajstić information content (AvgIpc) is 0.746. The van der Waals surface area contributed by atoms with E-state index in [-0.39, 0.29) is 11.3 Å². The molecule has 0 aliphatic carbocycles. The first kappa shape index (κ1) is 72.7. The van der Waals surface area contributed by atoms with Crippen LogP contribution >= 0.6 is 0 Å². The molecule has 0 bridgehead atoms. The number of nitrogens with zero attached hydrogens (tertiary/aromatic N) is 5. The van der Waals surface area contributed by atoms with Gasteiger partial charge in [0.2, 0.25) is 0 Å². The minimum absolute atomic E-state index is 0.231. The van der Waals surface area contributed by atoms with Crippen molar-refractivity contribution in [2.45, 2.75) is 115 Å². The Bertz CT molecular complexity index is 3920. The minimum Gasteiger partial charge on any atom is -0.372 e. The van der Waals surface area contributed by atoms with Gasteiger partial charge in [-0.15, -0.1) is 0 Å². The number of aryl methyl sites for hydroxylation is 3. The van der Waals surface area contributed by atoms with Crippen LogP contribution in [0.2, 0.25) is 0 Å². The van der Waals surface area contributed by atoms with Crippen LogP contribution in [0.5, 0.6) is 0 Å². The first-order valence-corrected chi connectivity index (χ1v) is 36.5. The second kappa shape index (κ2) is 35.6. The molecule has 506 valence electrons. The predicted molar refractivity (Wildman–Crippen MR) is 429 cm³/mol. The molecule has 0 radical (unpaired) electrons. The Morgan fingerprint density at radius 1 is 0.265 bits per heavy atom. The molecule has 0 amide bonds. The third-order valence-electron chi connectivity index (χ3n) is 20.2. The van der Waals surface area contributed by atoms with Crippen molar-refractivity contribution < 1.29 is 0 Å². The molecular weight excluding hydrogens is 1190 g/mol. The van der Waals surface area contributed by atoms with Crippen LogP contribution in [-0.4, -0.2) is 65.4 Å². The highest BCUT2D eigenvalue weighted by Gasteiger charge is 2.34. The van der Waals surface area contributed by atoms with Crippen LogP contribution in [0, 0.1) is 20.8 Å². The maximum atomic E-state index is 2.42. The molecule has 5 nitrogen and oxygen atoms in total. The van der Waals surface area contributed by atoms with Gasteiger partial charge in [0.1, 0.15) is 0 Å². The zero-order chi connectivity index (χ0) is 69.6. The van der Waals surface area contributed by atoms with Gasteiger partial charge in [-0.2, -0.15) is 0 Å². The molecule has 11 rings (SSSR count). The third-order valence-corrected chi connectivity index (χ3v) is 20.2. The van der Waals surface area contributed by atoms with Crippen LogP contribution in [0.25, 0.3) is 33.4 Å². The van der Waals surface area contributed by atoms with Crippen LogP contribution in [-0.2, 0) is 11.8 Å². The van der Waals surface area contributed by atoms with Crippen LogP contribution in [0.1, 0.15) is 143 Å². The second-order valence-electron chi connectivity index (χ2n) is 25.9. The highest BCUT2D eigenvalue weighted by molar-refractivity contribution is 5.70. The van der Waals surface area contributed by atoms with E-state index >= 15 is 0 Å². The van der Waals surface area contributed by atoms with E-state index < -0.39 is 0 Å². The quantitative estimate of drug-likeness (QED) is 0.0501. The molecule has 0 unspecified atom stereocenters. The number of benzene rings is 11. The van der Waals surface area contributed by atoms with Crippen LogP contribution in [0.15, 0.2) is 267 Å². The summed E-state index contributed by atoms with van der Waals surface area (Å²) in [7, 11) is 0. The molecule has 0 aliphatic rings. The smallest absolute Gasteiger partial charge is 0.0428 e. The Hall–Kier alpha value is -9.58. The fourth-order valence-corrected chi connectivity index (χ4v) is 14.3. The van der Waals surface area contributed by atoms with Crippen molar-refractivity contribution in [2.75, 3.05) is 89.9 Å². The predicted octanol–water partition coefficient (Wildman–Crippen LogP) is 23.3. The van der Waals surface area contributed by atoms with E-state index in [1.807, 2.05) is 0 Å². The summed E-state index contributed by atoms with van der Waals surface area (Å²) in [5.74, 6) is 0.242. The van der Waals surface area contributed by atoms with E-state index in [0.29, 0.717) is 0 Å². The van der Waals surface area contributed by atoms with Crippen LogP contribution in [0.4, 0.5) is 28.4 Å². The summed E-state index contributed by atoms with van der Waals surface area (Å²) < 4.78 is 0. The van der Waals surface area contributed by atoms with E-state index in [4.69, 9.17) is 0 Å². The lowest BCUT2D eigenvalue weighted by molar-refractivity contribution is 0.680. The fraction of sp³-hybridized carbons (Fsp3) is 0.290. The second-order valence-corrected chi connectivity index (χ2v) is 25.9. The van der Waals surface area contributed by atoms with Crippen LogP contribution < -0.4 is 24.5 Å². The number of anilines is 5. The van der Waals surface area contributed by atoms with Gasteiger partial charge >= 0.3 is 0 Å². The van der Waals surface area contributed by atoms with Gasteiger partial charge in [0.25, 0.3) is 0 Å². The van der Waals surface area contributed by atoms with Crippen molar-refractivity contribution >= 4 is 28.4 Å². The summed E-state index contributed by atoms with van der Waals surface area (Å²) in [6, 6.07) is 98.5. The third kappa shape index (κ3) is 17.8. The molecule has 0 aliphatic heterocycles. The van der Waals surface area contributed by atoms with Gasteiger partial charge in [-0.1, -0.05) is 212 Å². The topological polar surface area (TPSA) is 16.2 Å². The van der Waals surface area contributed by atoms with Crippen molar-refractivity contribution in [1.29, 1.82) is 0 Å². The molecule has 0 atom stereocenters. The van der Waals surface area contributed by atoms with Gasteiger partial charge in [-0.3, -0.25) is 0 Å². The summed E-state index contributed by atoms with van der Waals surface area (Å²) in [5.41, 5.74) is 28.5. The summed E-state index contributed by atoms with van der Waals surface area (Å²) in [6.45, 7) is 41.5. The zero-order valence-corrected chi connectivity index (χ0v) is 61.5. The molecule has 0 fully saturated rings. The molecule has 0 saturated heterocycles. The standard InChI is InChI=1S/C33H38N2.C31H42N2.C29H29N/c1-5-34(6-2)32-21-17-30(18-22-32)28-13-9-26(10-14-28)25-27-11-15-29(16-12-27)31-19-23-33(24-20-31)35(7-3)8-4;1-9-32(10-2)27-17-19-29(24(6)21-27)31(8,26-15-13-23(5)14-16-26)30-20-18-28(22-25(30)7)33(11-3)12-4;1-3-30(4-2)28-21-19-24(20-22-28)23-15-17-27(18-16-23)29(25-11-7-5-8-12-25)26-13-9-6-10-14-26/h9-24H,5-8,25H2,1-4H3;13-22H,9-12H2,1-8H3;5-22,29H,3-4H2,1-2H3. The van der Waals surface area contributed by atoms with Crippen molar-refractivity contribution in [2.24, 2.45) is 0 Å². The number of rotatable bonds is 26. The number of hydrogen-bond acceptors (Lipinski definition) is 5. The molecule has 0 N–H and O–H groups in total. The SMILES string of the molecule is CCN(CC)c1ccc(-c2ccc(C(c3ccccc3)c3ccccc3)cc2)cc1.CCN(CC)c1ccc(-c2ccc(Cc3ccc(-c4ccc(N(CC)CC)cc4)cc3)cc2)cc1.CCN(CC)c1ccc(C(C)(c2ccc(C)cc2)c2ccc(N(CC)CC)cc2C)c(C)c1. The summed E-state index contributed by atoms with van der Waals surface area (Å²) in [6.07, 6.45) is 0.947. The highest BCUT2D eigenvalue weighted by Crippen LogP contribution is 2.44. The average molecular weight is 1300 g/mol. The number of hydrogen-bond donors (Lipinski definition) is 0. The van der Waals surface area contributed by atoms with Crippen molar-refractivity contribution in [1.82, 2.24) is 0 Å².